The van der Waals surface area contributed by atoms with E-state index in [9.17, 15) is 0 Å². The van der Waals surface area contributed by atoms with Crippen LogP contribution in [-0.4, -0.2) is 21.3 Å². The highest BCUT2D eigenvalue weighted by Crippen LogP contribution is 2.28. The summed E-state index contributed by atoms with van der Waals surface area (Å²) in [6.45, 7) is 2.76. The van der Waals surface area contributed by atoms with Crippen molar-refractivity contribution in [2.75, 3.05) is 26.6 Å². The number of anilines is 1. The summed E-state index contributed by atoms with van der Waals surface area (Å²) in [5.41, 5.74) is 3.27. The maximum absolute atomic E-state index is 5.47. The molecule has 2 N–H and O–H groups in total. The zero-order chi connectivity index (χ0) is 17.8. The number of nitrogens with one attached hydrogen (secondary N) is 2. The molecule has 5 heteroatoms. The van der Waals surface area contributed by atoms with Crippen LogP contribution in [0.4, 0.5) is 5.82 Å². The normalized spacial score (nSPS) is 10.6. The number of pyridine rings is 1. The first-order chi connectivity index (χ1) is 12.2. The lowest BCUT2D eigenvalue weighted by atomic mass is 10.1. The molecule has 0 radical (unpaired) electrons. The molecule has 0 aliphatic heterocycles. The van der Waals surface area contributed by atoms with E-state index in [1.165, 1.54) is 5.56 Å². The Bertz CT molecular complexity index is 893. The van der Waals surface area contributed by atoms with Gasteiger partial charge in [-0.3, -0.25) is 5.32 Å². The van der Waals surface area contributed by atoms with E-state index in [0.717, 1.165) is 39.5 Å². The lowest BCUT2D eigenvalue weighted by molar-refractivity contribution is -0.328. The third-order valence-electron chi connectivity index (χ3n) is 4.22. The molecule has 0 spiro atoms. The van der Waals surface area contributed by atoms with Crippen molar-refractivity contribution in [1.82, 2.24) is 0 Å². The van der Waals surface area contributed by atoms with Crippen LogP contribution in [0.3, 0.4) is 0 Å². The van der Waals surface area contributed by atoms with Gasteiger partial charge >= 0.3 is 0 Å². The SMILES string of the molecule is COc1ccc(CNc2cc(C)c3cccc(OC)c3[nH+]2)cc1OC. The van der Waals surface area contributed by atoms with Crippen molar-refractivity contribution in [2.45, 2.75) is 13.5 Å². The monoisotopic (exact) mass is 339 g/mol. The average Bonchev–Trinajstić information content (AvgIpc) is 2.65. The molecule has 0 aliphatic rings. The average molecular weight is 339 g/mol. The Morgan fingerprint density at radius 3 is 2.36 bits per heavy atom. The summed E-state index contributed by atoms with van der Waals surface area (Å²) in [5, 5.41) is 4.58. The van der Waals surface area contributed by atoms with Crippen LogP contribution in [-0.2, 0) is 6.54 Å². The highest BCUT2D eigenvalue weighted by atomic mass is 16.5. The first-order valence-corrected chi connectivity index (χ1v) is 8.10. The Morgan fingerprint density at radius 2 is 1.64 bits per heavy atom. The second-order valence-electron chi connectivity index (χ2n) is 5.79. The van der Waals surface area contributed by atoms with Gasteiger partial charge in [0.05, 0.1) is 21.3 Å². The highest BCUT2D eigenvalue weighted by molar-refractivity contribution is 5.85. The maximum atomic E-state index is 5.47. The van der Waals surface area contributed by atoms with E-state index in [2.05, 4.69) is 29.4 Å². The molecular weight excluding hydrogens is 316 g/mol. The third-order valence-corrected chi connectivity index (χ3v) is 4.22. The van der Waals surface area contributed by atoms with Crippen LogP contribution in [0.25, 0.3) is 10.9 Å². The molecule has 0 fully saturated rings. The van der Waals surface area contributed by atoms with Crippen LogP contribution in [0.15, 0.2) is 42.5 Å². The van der Waals surface area contributed by atoms with Gasteiger partial charge in [-0.1, -0.05) is 18.2 Å². The molecule has 3 rings (SSSR count). The van der Waals surface area contributed by atoms with Crippen LogP contribution < -0.4 is 24.5 Å². The minimum absolute atomic E-state index is 0.664. The number of rotatable bonds is 6. The van der Waals surface area contributed by atoms with E-state index in [-0.39, 0.29) is 0 Å². The van der Waals surface area contributed by atoms with E-state index in [4.69, 9.17) is 14.2 Å². The molecule has 0 saturated heterocycles. The molecule has 0 saturated carbocycles. The van der Waals surface area contributed by atoms with Crippen molar-refractivity contribution in [3.05, 3.63) is 53.6 Å². The molecule has 1 heterocycles. The van der Waals surface area contributed by atoms with Gasteiger partial charge in [-0.25, -0.2) is 4.98 Å². The zero-order valence-corrected chi connectivity index (χ0v) is 15.0. The van der Waals surface area contributed by atoms with Gasteiger partial charge in [0, 0.05) is 11.5 Å². The van der Waals surface area contributed by atoms with E-state index in [1.54, 1.807) is 21.3 Å². The Kier molecular flexibility index (Phi) is 4.93. The van der Waals surface area contributed by atoms with Gasteiger partial charge in [0.15, 0.2) is 22.8 Å². The molecule has 3 aromatic rings. The second kappa shape index (κ2) is 7.30. The fraction of sp³-hybridized carbons (Fsp3) is 0.250. The maximum Gasteiger partial charge on any atom is 0.273 e. The number of aromatic nitrogens is 1. The van der Waals surface area contributed by atoms with Crippen molar-refractivity contribution >= 4 is 16.7 Å². The summed E-state index contributed by atoms with van der Waals surface area (Å²) in [5.74, 6) is 3.21. The first kappa shape index (κ1) is 16.9. The lowest BCUT2D eigenvalue weighted by Crippen LogP contribution is -2.15. The van der Waals surface area contributed by atoms with E-state index in [0.29, 0.717) is 6.54 Å². The predicted molar refractivity (Wildman–Crippen MR) is 98.7 cm³/mol. The van der Waals surface area contributed by atoms with Gasteiger partial charge < -0.3 is 14.2 Å². The number of methoxy groups -OCH3 is 3. The number of aryl methyl sites for hydroxylation is 1. The van der Waals surface area contributed by atoms with Gasteiger partial charge in [-0.05, 0) is 36.2 Å². The minimum atomic E-state index is 0.664. The second-order valence-corrected chi connectivity index (χ2v) is 5.79. The molecule has 1 aromatic heterocycles. The van der Waals surface area contributed by atoms with Gasteiger partial charge in [0.2, 0.25) is 0 Å². The fourth-order valence-electron chi connectivity index (χ4n) is 2.91. The van der Waals surface area contributed by atoms with Crippen LogP contribution in [0.5, 0.6) is 17.2 Å². The van der Waals surface area contributed by atoms with Crippen LogP contribution in [0, 0.1) is 6.92 Å². The number of hydrogen-bond acceptors (Lipinski definition) is 4. The smallest absolute Gasteiger partial charge is 0.273 e. The molecule has 0 unspecified atom stereocenters. The highest BCUT2D eigenvalue weighted by Gasteiger charge is 2.12. The summed E-state index contributed by atoms with van der Waals surface area (Å²) in [6, 6.07) is 14.0. The van der Waals surface area contributed by atoms with Crippen molar-refractivity contribution in [3.8, 4) is 17.2 Å². The van der Waals surface area contributed by atoms with E-state index < -0.39 is 0 Å². The third kappa shape index (κ3) is 3.45. The number of hydrogen-bond donors (Lipinski definition) is 1. The van der Waals surface area contributed by atoms with Gasteiger partial charge in [-0.15, -0.1) is 0 Å². The van der Waals surface area contributed by atoms with Crippen LogP contribution >= 0.6 is 0 Å². The topological polar surface area (TPSA) is 53.9 Å². The van der Waals surface area contributed by atoms with Crippen LogP contribution in [0.1, 0.15) is 11.1 Å². The molecular formula is C20H23N2O3+. The number of aromatic amines is 1. The van der Waals surface area contributed by atoms with Crippen LogP contribution in [0.2, 0.25) is 0 Å². The Labute approximate surface area is 147 Å². The van der Waals surface area contributed by atoms with Gasteiger partial charge in [0.25, 0.3) is 5.82 Å². The quantitative estimate of drug-likeness (QED) is 0.745. The number of H-pyrrole nitrogens is 1. The molecule has 2 aromatic carbocycles. The predicted octanol–water partition coefficient (Wildman–Crippen LogP) is 3.60. The molecule has 0 aliphatic carbocycles. The van der Waals surface area contributed by atoms with Crippen molar-refractivity contribution in [2.24, 2.45) is 0 Å². The molecule has 5 nitrogen and oxygen atoms in total. The number of ether oxygens (including phenoxy) is 3. The number of benzene rings is 2. The number of para-hydroxylation sites is 1. The van der Waals surface area contributed by atoms with E-state index in [1.807, 2.05) is 30.3 Å². The summed E-state index contributed by atoms with van der Waals surface area (Å²) in [6.07, 6.45) is 0. The van der Waals surface area contributed by atoms with Gasteiger partial charge in [-0.2, -0.15) is 0 Å². The summed E-state index contributed by atoms with van der Waals surface area (Å²) in [7, 11) is 4.96. The van der Waals surface area contributed by atoms with E-state index >= 15 is 0 Å². The Balaban J connectivity index is 1.86. The van der Waals surface area contributed by atoms with Gasteiger partial charge in [0.1, 0.15) is 6.54 Å². The lowest BCUT2D eigenvalue weighted by Gasteiger charge is -2.09. The van der Waals surface area contributed by atoms with Crippen molar-refractivity contribution < 1.29 is 19.2 Å². The van der Waals surface area contributed by atoms with Crippen molar-refractivity contribution in [1.29, 1.82) is 0 Å². The summed E-state index contributed by atoms with van der Waals surface area (Å²) in [4.78, 5) is 3.42. The molecule has 130 valence electrons. The Hall–Kier alpha value is -2.95. The number of fused-ring (bicyclic) bond motifs is 1. The molecule has 0 amide bonds. The zero-order valence-electron chi connectivity index (χ0n) is 15.0. The summed E-state index contributed by atoms with van der Waals surface area (Å²) >= 11 is 0. The largest absolute Gasteiger partial charge is 0.493 e. The standard InChI is InChI=1S/C20H22N2O3/c1-13-10-19(22-20-15(13)6-5-7-17(20)24-3)21-12-14-8-9-16(23-2)18(11-14)25-4/h5-11H,12H2,1-4H3,(H,21,22)/p+1. The minimum Gasteiger partial charge on any atom is -0.493 e. The molecule has 25 heavy (non-hydrogen) atoms. The first-order valence-electron chi connectivity index (χ1n) is 8.10. The van der Waals surface area contributed by atoms with Crippen molar-refractivity contribution in [3.63, 3.8) is 0 Å². The molecule has 0 atom stereocenters. The summed E-state index contributed by atoms with van der Waals surface area (Å²) < 4.78 is 16.1. The molecule has 0 bridgehead atoms. The Morgan fingerprint density at radius 1 is 0.880 bits per heavy atom. The fourth-order valence-corrected chi connectivity index (χ4v) is 2.91.